The van der Waals surface area contributed by atoms with E-state index in [9.17, 15) is 4.79 Å². The van der Waals surface area contributed by atoms with Crippen molar-refractivity contribution in [3.8, 4) is 16.9 Å². The highest BCUT2D eigenvalue weighted by molar-refractivity contribution is 5.93. The largest absolute Gasteiger partial charge is 0.350 e. The topological polar surface area (TPSA) is 66.0 Å². The molecule has 0 spiro atoms. The molecule has 6 nitrogen and oxygen atoms in total. The molecule has 2 aromatic heterocycles. The summed E-state index contributed by atoms with van der Waals surface area (Å²) in [5, 5.41) is 7.76. The van der Waals surface area contributed by atoms with Crippen LogP contribution in [-0.4, -0.2) is 51.2 Å². The van der Waals surface area contributed by atoms with Crippen LogP contribution in [0.25, 0.3) is 16.9 Å². The predicted molar refractivity (Wildman–Crippen MR) is 96.7 cm³/mol. The maximum atomic E-state index is 12.7. The SMILES string of the molecule is C[C@H]1CN(C(=O)c2ccc(-c3cnn(-c4ccccc4)c3)[nH]2)CCN1. The van der Waals surface area contributed by atoms with Gasteiger partial charge >= 0.3 is 0 Å². The van der Waals surface area contributed by atoms with Gasteiger partial charge in [0.15, 0.2) is 0 Å². The van der Waals surface area contributed by atoms with E-state index in [1.54, 1.807) is 6.20 Å². The van der Waals surface area contributed by atoms with E-state index in [-0.39, 0.29) is 5.91 Å². The second-order valence-corrected chi connectivity index (χ2v) is 6.40. The number of rotatable bonds is 3. The summed E-state index contributed by atoms with van der Waals surface area (Å²) in [7, 11) is 0. The molecule has 25 heavy (non-hydrogen) atoms. The van der Waals surface area contributed by atoms with Crippen LogP contribution in [0.2, 0.25) is 0 Å². The number of hydrogen-bond donors (Lipinski definition) is 2. The Kier molecular flexibility index (Phi) is 4.11. The Morgan fingerprint density at radius 1 is 1.20 bits per heavy atom. The van der Waals surface area contributed by atoms with E-state index in [2.05, 4.69) is 22.3 Å². The molecule has 6 heteroatoms. The maximum absolute atomic E-state index is 12.7. The Morgan fingerprint density at radius 2 is 2.04 bits per heavy atom. The maximum Gasteiger partial charge on any atom is 0.270 e. The van der Waals surface area contributed by atoms with Gasteiger partial charge in [-0.3, -0.25) is 4.79 Å². The molecule has 4 rings (SSSR count). The van der Waals surface area contributed by atoms with Crippen LogP contribution in [0, 0.1) is 0 Å². The first kappa shape index (κ1) is 15.7. The first-order valence-corrected chi connectivity index (χ1v) is 8.53. The molecular weight excluding hydrogens is 314 g/mol. The Morgan fingerprint density at radius 3 is 2.84 bits per heavy atom. The fourth-order valence-corrected chi connectivity index (χ4v) is 3.16. The molecule has 1 amide bonds. The molecule has 0 unspecified atom stereocenters. The summed E-state index contributed by atoms with van der Waals surface area (Å²) in [5.74, 6) is 0.0510. The van der Waals surface area contributed by atoms with Crippen LogP contribution >= 0.6 is 0 Å². The molecule has 0 bridgehead atoms. The summed E-state index contributed by atoms with van der Waals surface area (Å²) in [5.41, 5.74) is 3.48. The number of carbonyl (C=O) groups excluding carboxylic acids is 1. The number of hydrogen-bond acceptors (Lipinski definition) is 3. The molecule has 2 N–H and O–H groups in total. The number of benzene rings is 1. The van der Waals surface area contributed by atoms with Gasteiger partial charge < -0.3 is 15.2 Å². The van der Waals surface area contributed by atoms with Gasteiger partial charge in [-0.15, -0.1) is 0 Å². The molecular formula is C19H21N5O. The average molecular weight is 335 g/mol. The molecule has 1 saturated heterocycles. The van der Waals surface area contributed by atoms with Gasteiger partial charge in [0.25, 0.3) is 5.91 Å². The third-order valence-electron chi connectivity index (χ3n) is 4.49. The van der Waals surface area contributed by atoms with Crippen molar-refractivity contribution in [3.05, 3.63) is 60.6 Å². The zero-order valence-electron chi connectivity index (χ0n) is 14.1. The van der Waals surface area contributed by atoms with Gasteiger partial charge in [-0.05, 0) is 31.2 Å². The predicted octanol–water partition coefficient (Wildman–Crippen LogP) is 2.30. The highest BCUT2D eigenvalue weighted by Gasteiger charge is 2.22. The zero-order valence-corrected chi connectivity index (χ0v) is 14.1. The van der Waals surface area contributed by atoms with Crippen molar-refractivity contribution >= 4 is 5.91 Å². The van der Waals surface area contributed by atoms with Crippen LogP contribution in [-0.2, 0) is 0 Å². The molecule has 128 valence electrons. The zero-order chi connectivity index (χ0) is 17.2. The minimum Gasteiger partial charge on any atom is -0.350 e. The van der Waals surface area contributed by atoms with E-state index in [1.807, 2.05) is 58.2 Å². The van der Waals surface area contributed by atoms with E-state index in [0.29, 0.717) is 11.7 Å². The number of nitrogens with one attached hydrogen (secondary N) is 2. The summed E-state index contributed by atoms with van der Waals surface area (Å²) >= 11 is 0. The van der Waals surface area contributed by atoms with Crippen molar-refractivity contribution in [2.24, 2.45) is 0 Å². The Bertz CT molecular complexity index is 867. The number of nitrogens with zero attached hydrogens (tertiary/aromatic N) is 3. The molecule has 0 saturated carbocycles. The molecule has 1 aromatic carbocycles. The van der Waals surface area contributed by atoms with Crippen LogP contribution in [0.15, 0.2) is 54.9 Å². The molecule has 1 aliphatic heterocycles. The van der Waals surface area contributed by atoms with Crippen LogP contribution < -0.4 is 5.32 Å². The summed E-state index contributed by atoms with van der Waals surface area (Å²) < 4.78 is 1.83. The number of carbonyl (C=O) groups is 1. The lowest BCUT2D eigenvalue weighted by molar-refractivity contribution is 0.0704. The molecule has 0 radical (unpaired) electrons. The van der Waals surface area contributed by atoms with Crippen molar-refractivity contribution < 1.29 is 4.79 Å². The van der Waals surface area contributed by atoms with E-state index in [1.165, 1.54) is 0 Å². The Balaban J connectivity index is 1.53. The second-order valence-electron chi connectivity index (χ2n) is 6.40. The Hall–Kier alpha value is -2.86. The van der Waals surface area contributed by atoms with Crippen LogP contribution in [0.5, 0.6) is 0 Å². The lowest BCUT2D eigenvalue weighted by Gasteiger charge is -2.31. The van der Waals surface area contributed by atoms with Gasteiger partial charge in [-0.1, -0.05) is 18.2 Å². The first-order chi connectivity index (χ1) is 12.2. The number of aromatic amines is 1. The second kappa shape index (κ2) is 6.57. The molecule has 1 atom stereocenters. The van der Waals surface area contributed by atoms with E-state index < -0.39 is 0 Å². The average Bonchev–Trinajstić information content (AvgIpc) is 3.31. The van der Waals surface area contributed by atoms with Crippen molar-refractivity contribution in [1.82, 2.24) is 25.0 Å². The van der Waals surface area contributed by atoms with Gasteiger partial charge in [-0.25, -0.2) is 4.68 Å². The fraction of sp³-hybridized carbons (Fsp3) is 0.263. The lowest BCUT2D eigenvalue weighted by Crippen LogP contribution is -2.51. The molecule has 0 aliphatic carbocycles. The monoisotopic (exact) mass is 335 g/mol. The summed E-state index contributed by atoms with van der Waals surface area (Å²) in [4.78, 5) is 17.8. The number of H-pyrrole nitrogens is 1. The van der Waals surface area contributed by atoms with Crippen molar-refractivity contribution in [2.75, 3.05) is 19.6 Å². The standard InChI is InChI=1S/C19H21N5O/c1-14-12-23(10-9-20-14)19(25)18-8-7-17(22-18)15-11-21-24(13-15)16-5-3-2-4-6-16/h2-8,11,13-14,20,22H,9-10,12H2,1H3/t14-/m0/s1. The fourth-order valence-electron chi connectivity index (χ4n) is 3.16. The lowest BCUT2D eigenvalue weighted by atomic mass is 10.2. The van der Waals surface area contributed by atoms with Gasteiger partial charge in [-0.2, -0.15) is 5.10 Å². The number of piperazine rings is 1. The van der Waals surface area contributed by atoms with Gasteiger partial charge in [0.1, 0.15) is 5.69 Å². The quantitative estimate of drug-likeness (QED) is 0.772. The summed E-state index contributed by atoms with van der Waals surface area (Å²) in [6.45, 7) is 4.41. The normalized spacial score (nSPS) is 17.6. The molecule has 1 aliphatic rings. The van der Waals surface area contributed by atoms with Crippen molar-refractivity contribution in [1.29, 1.82) is 0 Å². The number of amides is 1. The minimum atomic E-state index is 0.0510. The number of para-hydroxylation sites is 1. The smallest absolute Gasteiger partial charge is 0.270 e. The van der Waals surface area contributed by atoms with Crippen molar-refractivity contribution in [3.63, 3.8) is 0 Å². The molecule has 1 fully saturated rings. The Labute approximate surface area is 146 Å². The minimum absolute atomic E-state index is 0.0510. The molecule has 3 aromatic rings. The highest BCUT2D eigenvalue weighted by atomic mass is 16.2. The van der Waals surface area contributed by atoms with E-state index >= 15 is 0 Å². The van der Waals surface area contributed by atoms with E-state index in [4.69, 9.17) is 0 Å². The highest BCUT2D eigenvalue weighted by Crippen LogP contribution is 2.20. The van der Waals surface area contributed by atoms with Crippen LogP contribution in [0.1, 0.15) is 17.4 Å². The molecule has 3 heterocycles. The number of aromatic nitrogens is 3. The van der Waals surface area contributed by atoms with Crippen LogP contribution in [0.4, 0.5) is 0 Å². The summed E-state index contributed by atoms with van der Waals surface area (Å²) in [6, 6.07) is 14.1. The van der Waals surface area contributed by atoms with Crippen LogP contribution in [0.3, 0.4) is 0 Å². The third-order valence-corrected chi connectivity index (χ3v) is 4.49. The third kappa shape index (κ3) is 3.21. The van der Waals surface area contributed by atoms with Crippen molar-refractivity contribution in [2.45, 2.75) is 13.0 Å². The van der Waals surface area contributed by atoms with Gasteiger partial charge in [0.05, 0.1) is 11.9 Å². The van der Waals surface area contributed by atoms with Gasteiger partial charge in [0.2, 0.25) is 0 Å². The first-order valence-electron chi connectivity index (χ1n) is 8.53. The summed E-state index contributed by atoms with van der Waals surface area (Å²) in [6.07, 6.45) is 3.77. The van der Waals surface area contributed by atoms with Gasteiger partial charge in [0, 0.05) is 43.1 Å². The van der Waals surface area contributed by atoms with E-state index in [0.717, 1.165) is 36.6 Å².